The van der Waals surface area contributed by atoms with E-state index in [1.165, 1.54) is 11.1 Å². The van der Waals surface area contributed by atoms with Crippen molar-refractivity contribution in [1.82, 2.24) is 0 Å². The summed E-state index contributed by atoms with van der Waals surface area (Å²) in [7, 11) is -3.63. The highest BCUT2D eigenvalue weighted by Gasteiger charge is 2.39. The van der Waals surface area contributed by atoms with E-state index in [1.807, 2.05) is 30.3 Å². The smallest absolute Gasteiger partial charge is 0.184 e. The van der Waals surface area contributed by atoms with E-state index in [0.29, 0.717) is 17.9 Å². The third-order valence-corrected chi connectivity index (χ3v) is 11.1. The molecule has 3 aromatic rings. The molecule has 0 fully saturated rings. The zero-order valence-electron chi connectivity index (χ0n) is 28.9. The Kier molecular flexibility index (Phi) is 12.1. The molecular weight excluding hydrogens is 589 g/mol. The minimum atomic E-state index is -3.63. The minimum absolute atomic E-state index is 0.353. The van der Waals surface area contributed by atoms with E-state index in [4.69, 9.17) is 9.47 Å². The van der Waals surface area contributed by atoms with Crippen LogP contribution >= 0.6 is 0 Å². The number of ether oxygens (including phenoxy) is 2. The molecule has 1 heterocycles. The first-order valence-electron chi connectivity index (χ1n) is 16.6. The second-order valence-electron chi connectivity index (χ2n) is 13.5. The average molecular weight is 641 g/mol. The highest BCUT2D eigenvalue weighted by molar-refractivity contribution is 7.92. The van der Waals surface area contributed by atoms with Gasteiger partial charge in [0.15, 0.2) is 9.84 Å². The second kappa shape index (κ2) is 15.8. The number of allylic oxidation sites excluding steroid dienone is 5. The molecule has 46 heavy (non-hydrogen) atoms. The maximum absolute atomic E-state index is 14.1. The Hall–Kier alpha value is -3.57. The van der Waals surface area contributed by atoms with Crippen molar-refractivity contribution in [3.05, 3.63) is 124 Å². The van der Waals surface area contributed by atoms with Crippen LogP contribution < -0.4 is 9.47 Å². The van der Waals surface area contributed by atoms with E-state index >= 15 is 0 Å². The molecule has 1 aliphatic heterocycles. The second-order valence-corrected chi connectivity index (χ2v) is 15.6. The molecule has 5 heteroatoms. The fourth-order valence-corrected chi connectivity index (χ4v) is 7.96. The first kappa shape index (κ1) is 35.3. The van der Waals surface area contributed by atoms with Crippen molar-refractivity contribution < 1.29 is 17.9 Å². The van der Waals surface area contributed by atoms with Gasteiger partial charge in [0.25, 0.3) is 0 Å². The highest BCUT2D eigenvalue weighted by atomic mass is 32.2. The predicted molar refractivity (Wildman–Crippen MR) is 191 cm³/mol. The summed E-state index contributed by atoms with van der Waals surface area (Å²) in [5, 5.41) is -0.695. The molecular formula is C41H52O4S. The van der Waals surface area contributed by atoms with Gasteiger partial charge in [0.05, 0.1) is 10.1 Å². The SMILES string of the molecule is CC(C)=CCC/C(C)=C/CC/C(C)=C/C(C[C@]1(C)CCc2cc(OCc3ccccc3)c(C)c(C)c2O1)S(=O)(=O)c1ccccc1. The Morgan fingerprint density at radius 3 is 2.20 bits per heavy atom. The zero-order chi connectivity index (χ0) is 33.3. The molecule has 0 radical (unpaired) electrons. The number of benzene rings is 3. The molecule has 3 aromatic carbocycles. The molecule has 246 valence electrons. The summed E-state index contributed by atoms with van der Waals surface area (Å²) in [6.45, 7) is 15.2. The largest absolute Gasteiger partial charge is 0.489 e. The monoisotopic (exact) mass is 640 g/mol. The molecule has 0 aliphatic carbocycles. The molecule has 0 saturated carbocycles. The van der Waals surface area contributed by atoms with Gasteiger partial charge >= 0.3 is 0 Å². The maximum atomic E-state index is 14.1. The van der Waals surface area contributed by atoms with E-state index in [0.717, 1.165) is 77.9 Å². The first-order chi connectivity index (χ1) is 21.9. The summed E-state index contributed by atoms with van der Waals surface area (Å²) in [6.07, 6.45) is 12.3. The molecule has 4 rings (SSSR count). The predicted octanol–water partition coefficient (Wildman–Crippen LogP) is 10.6. The molecule has 4 nitrogen and oxygen atoms in total. The number of hydrogen-bond donors (Lipinski definition) is 0. The van der Waals surface area contributed by atoms with Gasteiger partial charge in [-0.25, -0.2) is 8.42 Å². The van der Waals surface area contributed by atoms with Crippen molar-refractivity contribution in [3.8, 4) is 11.5 Å². The van der Waals surface area contributed by atoms with Gasteiger partial charge in [-0.1, -0.05) is 83.5 Å². The maximum Gasteiger partial charge on any atom is 0.184 e. The van der Waals surface area contributed by atoms with Crippen LogP contribution in [0.3, 0.4) is 0 Å². The summed E-state index contributed by atoms with van der Waals surface area (Å²) < 4.78 is 41.3. The Labute approximate surface area is 278 Å². The number of hydrogen-bond acceptors (Lipinski definition) is 4. The lowest BCUT2D eigenvalue weighted by atomic mass is 9.86. The molecule has 0 saturated heterocycles. The van der Waals surface area contributed by atoms with Gasteiger partial charge in [0, 0.05) is 6.42 Å². The summed E-state index contributed by atoms with van der Waals surface area (Å²) >= 11 is 0. The number of aryl methyl sites for hydroxylation is 1. The molecule has 0 aromatic heterocycles. The van der Waals surface area contributed by atoms with Gasteiger partial charge in [-0.15, -0.1) is 0 Å². The standard InChI is InChI=1S/C41H52O4S/c1-30(2)16-14-17-31(3)18-15-19-32(4)26-38(46(42,43)37-22-12-9-13-23-37)28-41(7)25-24-36-27-39(33(5)34(6)40(36)45-41)44-29-35-20-10-8-11-21-35/h8-13,16,18,20-23,26-27,38H,14-15,17,19,24-25,28-29H2,1-7H3/b31-18+,32-26+/t38?,41-/m0/s1. The third-order valence-electron chi connectivity index (χ3n) is 9.07. The molecule has 0 bridgehead atoms. The molecule has 2 atom stereocenters. The molecule has 0 spiro atoms. The lowest BCUT2D eigenvalue weighted by Crippen LogP contribution is -2.41. The van der Waals surface area contributed by atoms with Crippen molar-refractivity contribution in [2.24, 2.45) is 0 Å². The van der Waals surface area contributed by atoms with Gasteiger partial charge < -0.3 is 9.47 Å². The number of sulfone groups is 1. The lowest BCUT2D eigenvalue weighted by molar-refractivity contribution is 0.0566. The van der Waals surface area contributed by atoms with Gasteiger partial charge in [-0.05, 0) is 127 Å². The van der Waals surface area contributed by atoms with Crippen molar-refractivity contribution in [1.29, 1.82) is 0 Å². The molecule has 0 N–H and O–H groups in total. The molecule has 1 unspecified atom stereocenters. The van der Waals surface area contributed by atoms with E-state index < -0.39 is 20.7 Å². The van der Waals surface area contributed by atoms with Crippen LogP contribution in [0, 0.1) is 13.8 Å². The summed E-state index contributed by atoms with van der Waals surface area (Å²) in [4.78, 5) is 0.353. The molecule has 0 amide bonds. The summed E-state index contributed by atoms with van der Waals surface area (Å²) in [5.41, 5.74) is 7.51. The van der Waals surface area contributed by atoms with Gasteiger partial charge in [-0.2, -0.15) is 0 Å². The van der Waals surface area contributed by atoms with Crippen molar-refractivity contribution in [2.75, 3.05) is 0 Å². The normalized spacial score (nSPS) is 17.5. The van der Waals surface area contributed by atoms with Crippen molar-refractivity contribution in [3.63, 3.8) is 0 Å². The van der Waals surface area contributed by atoms with Gasteiger partial charge in [-0.3, -0.25) is 0 Å². The van der Waals surface area contributed by atoms with E-state index in [1.54, 1.807) is 24.3 Å². The summed E-state index contributed by atoms with van der Waals surface area (Å²) in [6, 6.07) is 21.1. The Morgan fingerprint density at radius 2 is 1.52 bits per heavy atom. The van der Waals surface area contributed by atoms with Crippen molar-refractivity contribution >= 4 is 9.84 Å². The van der Waals surface area contributed by atoms with Crippen LogP contribution in [0.1, 0.15) is 95.4 Å². The van der Waals surface area contributed by atoms with Crippen molar-refractivity contribution in [2.45, 2.75) is 116 Å². The number of fused-ring (bicyclic) bond motifs is 1. The van der Waals surface area contributed by atoms with E-state index in [9.17, 15) is 8.42 Å². The quantitative estimate of drug-likeness (QED) is 0.165. The zero-order valence-corrected chi connectivity index (χ0v) is 29.7. The average Bonchev–Trinajstić information content (AvgIpc) is 3.03. The van der Waals surface area contributed by atoms with Crippen LogP contribution in [-0.4, -0.2) is 19.3 Å². The van der Waals surface area contributed by atoms with Gasteiger partial charge in [0.2, 0.25) is 0 Å². The molecule has 1 aliphatic rings. The Balaban J connectivity index is 1.54. The van der Waals surface area contributed by atoms with Crippen LogP contribution in [0.5, 0.6) is 11.5 Å². The lowest BCUT2D eigenvalue weighted by Gasteiger charge is -2.39. The fourth-order valence-electron chi connectivity index (χ4n) is 6.09. The Morgan fingerprint density at radius 1 is 0.891 bits per heavy atom. The number of rotatable bonds is 14. The van der Waals surface area contributed by atoms with E-state index in [2.05, 4.69) is 78.8 Å². The first-order valence-corrected chi connectivity index (χ1v) is 18.2. The fraction of sp³-hybridized carbons (Fsp3) is 0.415. The highest BCUT2D eigenvalue weighted by Crippen LogP contribution is 2.43. The van der Waals surface area contributed by atoms with Crippen LogP contribution in [-0.2, 0) is 22.9 Å². The minimum Gasteiger partial charge on any atom is -0.489 e. The topological polar surface area (TPSA) is 52.6 Å². The van der Waals surface area contributed by atoms with E-state index in [-0.39, 0.29) is 0 Å². The summed E-state index contributed by atoms with van der Waals surface area (Å²) in [5.74, 6) is 1.74. The van der Waals surface area contributed by atoms with Crippen LogP contribution in [0.25, 0.3) is 0 Å². The Bertz CT molecular complexity index is 1660. The van der Waals surface area contributed by atoms with Crippen LogP contribution in [0.2, 0.25) is 0 Å². The van der Waals surface area contributed by atoms with Gasteiger partial charge in [0.1, 0.15) is 23.7 Å². The van der Waals surface area contributed by atoms with Crippen LogP contribution in [0.15, 0.2) is 107 Å². The van der Waals surface area contributed by atoms with Crippen LogP contribution in [0.4, 0.5) is 0 Å². The third kappa shape index (κ3) is 9.48.